The van der Waals surface area contributed by atoms with Crippen molar-refractivity contribution < 1.29 is 39.5 Å². The Kier molecular flexibility index (Phi) is 12.1. The lowest BCUT2D eigenvalue weighted by Gasteiger charge is -2.19. The second-order valence-corrected chi connectivity index (χ2v) is 16.0. The Morgan fingerprint density at radius 1 is 0.537 bits per heavy atom. The Balaban J connectivity index is 0.000000185. The molecule has 0 saturated heterocycles. The third-order valence-corrected chi connectivity index (χ3v) is 11.7. The molecule has 0 aliphatic carbocycles. The van der Waals surface area contributed by atoms with E-state index in [1.165, 1.54) is 16.8 Å². The summed E-state index contributed by atoms with van der Waals surface area (Å²) in [5.41, 5.74) is 4.85. The van der Waals surface area contributed by atoms with Crippen molar-refractivity contribution in [1.82, 2.24) is 9.44 Å². The number of nitrogens with zero attached hydrogens (tertiary/aromatic N) is 2. The van der Waals surface area contributed by atoms with E-state index in [1.54, 1.807) is 24.3 Å². The maximum atomic E-state index is 12.6. The second kappa shape index (κ2) is 16.9. The van der Waals surface area contributed by atoms with Crippen LogP contribution in [0, 0.1) is 0 Å². The number of halogens is 3. The molecule has 2 aliphatic heterocycles. The molecule has 0 amide bonds. The minimum atomic E-state index is -4.81. The first-order chi connectivity index (χ1) is 25.9. The van der Waals surface area contributed by atoms with Crippen molar-refractivity contribution in [1.29, 1.82) is 0 Å². The average Bonchev–Trinajstić information content (AvgIpc) is 3.76. The van der Waals surface area contributed by atoms with Crippen LogP contribution in [0.4, 0.5) is 24.5 Å². The lowest BCUT2D eigenvalue weighted by molar-refractivity contribution is -0.274. The van der Waals surface area contributed by atoms with Crippen LogP contribution >= 0.6 is 0 Å². The molecule has 0 fully saturated rings. The van der Waals surface area contributed by atoms with Crippen LogP contribution in [0.1, 0.15) is 11.1 Å². The summed E-state index contributed by atoms with van der Waals surface area (Å²) in [6, 6.07) is 36.1. The van der Waals surface area contributed by atoms with Gasteiger partial charge in [0.2, 0.25) is 20.0 Å². The fraction of sp³-hybridized carbons (Fsp3) is 0.231. The third kappa shape index (κ3) is 10.3. The first-order valence-corrected chi connectivity index (χ1v) is 20.2. The van der Waals surface area contributed by atoms with Crippen LogP contribution in [-0.4, -0.2) is 62.5 Å². The van der Waals surface area contributed by atoms with E-state index in [0.717, 1.165) is 55.9 Å². The van der Waals surface area contributed by atoms with Gasteiger partial charge in [-0.1, -0.05) is 54.6 Å². The number of alkyl halides is 3. The molecule has 2 heterocycles. The number of hydrogen-bond acceptors (Lipinski definition) is 8. The minimum Gasteiger partial charge on any atom is -0.457 e. The van der Waals surface area contributed by atoms with E-state index in [1.807, 2.05) is 66.7 Å². The van der Waals surface area contributed by atoms with Crippen molar-refractivity contribution in [2.75, 3.05) is 49.1 Å². The highest BCUT2D eigenvalue weighted by Gasteiger charge is 2.31. The summed E-state index contributed by atoms with van der Waals surface area (Å²) in [7, 11) is -7.35. The largest absolute Gasteiger partial charge is 0.573 e. The predicted molar refractivity (Wildman–Crippen MR) is 201 cm³/mol. The smallest absolute Gasteiger partial charge is 0.457 e. The van der Waals surface area contributed by atoms with Crippen molar-refractivity contribution in [3.8, 4) is 17.2 Å². The summed E-state index contributed by atoms with van der Waals surface area (Å²) < 4.78 is 101. The molecule has 0 radical (unpaired) electrons. The molecule has 5 aromatic carbocycles. The molecule has 0 atom stereocenters. The SMILES string of the molecule is O=S(=O)(NCCN1CCc2ccccc21)c1ccc(OC(F)(F)F)cc1.O=S(=O)(NCCN1CCc2ccccc21)c1ccc(Oc2ccccc2)cc1. The lowest BCUT2D eigenvalue weighted by atomic mass is 10.2. The fourth-order valence-electron chi connectivity index (χ4n) is 6.21. The Bertz CT molecular complexity index is 2220. The van der Waals surface area contributed by atoms with Crippen LogP contribution in [0.25, 0.3) is 0 Å². The number of ether oxygens (including phenoxy) is 2. The van der Waals surface area contributed by atoms with Gasteiger partial charge >= 0.3 is 6.36 Å². The van der Waals surface area contributed by atoms with E-state index in [-0.39, 0.29) is 16.3 Å². The number of hydrogen-bond donors (Lipinski definition) is 2. The van der Waals surface area contributed by atoms with E-state index in [2.05, 4.69) is 36.1 Å². The first kappa shape index (κ1) is 38.6. The van der Waals surface area contributed by atoms with Gasteiger partial charge in [-0.05, 0) is 96.8 Å². The maximum absolute atomic E-state index is 12.6. The number of sulfonamides is 2. The highest BCUT2D eigenvalue weighted by molar-refractivity contribution is 7.89. The number of rotatable bonds is 13. The summed E-state index contributed by atoms with van der Waals surface area (Å²) in [5, 5.41) is 0. The maximum Gasteiger partial charge on any atom is 0.573 e. The molecule has 0 bridgehead atoms. The van der Waals surface area contributed by atoms with E-state index in [4.69, 9.17) is 4.74 Å². The molecular weight excluding hydrogens is 742 g/mol. The fourth-order valence-corrected chi connectivity index (χ4v) is 8.25. The molecule has 0 aromatic heterocycles. The van der Waals surface area contributed by atoms with Crippen molar-refractivity contribution >= 4 is 31.4 Å². The van der Waals surface area contributed by atoms with E-state index >= 15 is 0 Å². The van der Waals surface area contributed by atoms with Crippen LogP contribution in [0.5, 0.6) is 17.2 Å². The minimum absolute atomic E-state index is 0.117. The van der Waals surface area contributed by atoms with Gasteiger partial charge in [0.05, 0.1) is 9.79 Å². The highest BCUT2D eigenvalue weighted by atomic mass is 32.2. The van der Waals surface area contributed by atoms with Gasteiger partial charge in [-0.2, -0.15) is 0 Å². The molecule has 0 saturated carbocycles. The Morgan fingerprint density at radius 3 is 1.41 bits per heavy atom. The van der Waals surface area contributed by atoms with Gasteiger partial charge in [0.25, 0.3) is 0 Å². The quantitative estimate of drug-likeness (QED) is 0.135. The van der Waals surface area contributed by atoms with Gasteiger partial charge in [-0.3, -0.25) is 0 Å². The van der Waals surface area contributed by atoms with E-state index in [9.17, 15) is 30.0 Å². The number of fused-ring (bicyclic) bond motifs is 2. The Morgan fingerprint density at radius 2 is 0.944 bits per heavy atom. The summed E-state index contributed by atoms with van der Waals surface area (Å²) in [4.78, 5) is 4.43. The summed E-state index contributed by atoms with van der Waals surface area (Å²) in [5.74, 6) is 0.839. The van der Waals surface area contributed by atoms with Crippen molar-refractivity contribution in [2.45, 2.75) is 29.0 Å². The zero-order valence-electron chi connectivity index (χ0n) is 29.1. The Hall–Kier alpha value is -5.09. The van der Waals surface area contributed by atoms with Gasteiger partial charge in [0.15, 0.2) is 0 Å². The molecule has 10 nitrogen and oxygen atoms in total. The Labute approximate surface area is 313 Å². The molecule has 7 rings (SSSR count). The third-order valence-electron chi connectivity index (χ3n) is 8.79. The second-order valence-electron chi connectivity index (χ2n) is 12.4. The standard InChI is InChI=1S/C22H22N2O3S.C17H17F3N2O3S/c25-28(26,23-15-17-24-16-14-18-6-4-5-9-22(18)24)21-12-10-20(11-13-21)27-19-7-2-1-3-8-19;18-17(19,20)25-14-5-7-15(8-6-14)26(23,24)21-10-12-22-11-9-13-3-1-2-4-16(13)22/h1-13,23H,14-17H2;1-8,21H,9-12H2. The molecule has 0 spiro atoms. The molecular formula is C39H39F3N4O6S2. The van der Waals surface area contributed by atoms with Gasteiger partial charge < -0.3 is 19.3 Å². The highest BCUT2D eigenvalue weighted by Crippen LogP contribution is 2.29. The summed E-state index contributed by atoms with van der Waals surface area (Å²) in [6.45, 7) is 3.45. The van der Waals surface area contributed by atoms with Crippen molar-refractivity contribution in [2.24, 2.45) is 0 Å². The normalized spacial score (nSPS) is 13.8. The first-order valence-electron chi connectivity index (χ1n) is 17.2. The molecule has 54 heavy (non-hydrogen) atoms. The van der Waals surface area contributed by atoms with E-state index in [0.29, 0.717) is 31.1 Å². The van der Waals surface area contributed by atoms with Crippen LogP contribution in [0.2, 0.25) is 0 Å². The average molecular weight is 781 g/mol. The van der Waals surface area contributed by atoms with Gasteiger partial charge in [-0.15, -0.1) is 13.2 Å². The van der Waals surface area contributed by atoms with Gasteiger partial charge in [0.1, 0.15) is 17.2 Å². The number of anilines is 2. The molecule has 284 valence electrons. The van der Waals surface area contributed by atoms with Crippen LogP contribution in [0.15, 0.2) is 137 Å². The topological polar surface area (TPSA) is 117 Å². The molecule has 0 unspecified atom stereocenters. The van der Waals surface area contributed by atoms with Crippen LogP contribution in [0.3, 0.4) is 0 Å². The number of para-hydroxylation sites is 3. The lowest BCUT2D eigenvalue weighted by Crippen LogP contribution is -2.34. The molecule has 2 N–H and O–H groups in total. The molecule has 15 heteroatoms. The van der Waals surface area contributed by atoms with Crippen LogP contribution in [-0.2, 0) is 32.9 Å². The number of nitrogens with one attached hydrogen (secondary N) is 2. The van der Waals surface area contributed by atoms with Crippen LogP contribution < -0.4 is 28.7 Å². The van der Waals surface area contributed by atoms with Crippen molar-refractivity contribution in [3.05, 3.63) is 139 Å². The zero-order valence-corrected chi connectivity index (χ0v) is 30.7. The summed E-state index contributed by atoms with van der Waals surface area (Å²) >= 11 is 0. The predicted octanol–water partition coefficient (Wildman–Crippen LogP) is 6.75. The summed E-state index contributed by atoms with van der Waals surface area (Å²) in [6.07, 6.45) is -2.89. The molecule has 5 aromatic rings. The van der Waals surface area contributed by atoms with Gasteiger partial charge in [-0.25, -0.2) is 26.3 Å². The van der Waals surface area contributed by atoms with Gasteiger partial charge in [0, 0.05) is 50.6 Å². The zero-order chi connectivity index (χ0) is 38.2. The van der Waals surface area contributed by atoms with E-state index < -0.39 is 32.2 Å². The number of benzene rings is 5. The monoisotopic (exact) mass is 780 g/mol. The molecule has 2 aliphatic rings. The van der Waals surface area contributed by atoms with Crippen molar-refractivity contribution in [3.63, 3.8) is 0 Å².